The molecule has 3 aromatic rings. The van der Waals surface area contributed by atoms with Gasteiger partial charge in [0.05, 0.1) is 23.3 Å². The highest BCUT2D eigenvalue weighted by Crippen LogP contribution is 2.28. The molecule has 0 aliphatic rings. The quantitative estimate of drug-likeness (QED) is 0.768. The minimum atomic E-state index is 0.159. The Morgan fingerprint density at radius 1 is 1.33 bits per heavy atom. The lowest BCUT2D eigenvalue weighted by Gasteiger charge is -2.18. The number of fused-ring (bicyclic) bond motifs is 1. The van der Waals surface area contributed by atoms with E-state index in [1.165, 1.54) is 11.3 Å². The molecule has 21 heavy (non-hydrogen) atoms. The van der Waals surface area contributed by atoms with Gasteiger partial charge in [-0.1, -0.05) is 6.92 Å². The fourth-order valence-corrected chi connectivity index (χ4v) is 2.72. The Morgan fingerprint density at radius 3 is 2.81 bits per heavy atom. The van der Waals surface area contributed by atoms with Gasteiger partial charge in [-0.15, -0.1) is 0 Å². The van der Waals surface area contributed by atoms with Crippen LogP contribution in [-0.2, 0) is 7.05 Å². The fraction of sp³-hybridized carbons (Fsp3) is 0.429. The molecular formula is C14H19N7. The monoisotopic (exact) mass is 285 g/mol. The van der Waals surface area contributed by atoms with Gasteiger partial charge < -0.3 is 5.32 Å². The first-order chi connectivity index (χ1) is 10.1. The molecule has 0 amide bonds. The van der Waals surface area contributed by atoms with Crippen molar-refractivity contribution >= 4 is 16.9 Å². The number of aromatic amines is 1. The number of aromatic nitrogens is 6. The number of rotatable bonds is 4. The Balaban J connectivity index is 2.00. The summed E-state index contributed by atoms with van der Waals surface area (Å²) in [5.41, 5.74) is 4.19. The molecule has 2 N–H and O–H groups in total. The molecule has 1 atom stereocenters. The number of hydrogen-bond acceptors (Lipinski definition) is 5. The van der Waals surface area contributed by atoms with Crippen LogP contribution in [0.5, 0.6) is 0 Å². The second-order valence-electron chi connectivity index (χ2n) is 5.17. The van der Waals surface area contributed by atoms with Crippen LogP contribution in [0.25, 0.3) is 11.0 Å². The molecular weight excluding hydrogens is 266 g/mol. The van der Waals surface area contributed by atoms with Gasteiger partial charge >= 0.3 is 0 Å². The van der Waals surface area contributed by atoms with Crippen molar-refractivity contribution in [3.63, 3.8) is 0 Å². The van der Waals surface area contributed by atoms with Crippen molar-refractivity contribution in [2.24, 2.45) is 7.05 Å². The number of hydrogen-bond donors (Lipinski definition) is 2. The molecule has 0 bridgehead atoms. The highest BCUT2D eigenvalue weighted by atomic mass is 15.3. The molecule has 0 fully saturated rings. The topological polar surface area (TPSA) is 84.3 Å². The number of anilines is 1. The summed E-state index contributed by atoms with van der Waals surface area (Å²) in [5, 5.41) is 15.8. The third-order valence-electron chi connectivity index (χ3n) is 3.88. The van der Waals surface area contributed by atoms with Gasteiger partial charge in [0.25, 0.3) is 0 Å². The van der Waals surface area contributed by atoms with Crippen LogP contribution in [0.15, 0.2) is 12.5 Å². The van der Waals surface area contributed by atoms with Crippen LogP contribution < -0.4 is 5.32 Å². The zero-order valence-electron chi connectivity index (χ0n) is 12.7. The van der Waals surface area contributed by atoms with Gasteiger partial charge in [0.1, 0.15) is 12.1 Å². The van der Waals surface area contributed by atoms with E-state index >= 15 is 0 Å². The van der Waals surface area contributed by atoms with E-state index in [0.29, 0.717) is 0 Å². The molecule has 3 heterocycles. The summed E-state index contributed by atoms with van der Waals surface area (Å²) in [4.78, 5) is 8.51. The Morgan fingerprint density at radius 2 is 2.14 bits per heavy atom. The molecule has 7 nitrogen and oxygen atoms in total. The lowest BCUT2D eigenvalue weighted by Crippen LogP contribution is -2.13. The van der Waals surface area contributed by atoms with Gasteiger partial charge in [0.2, 0.25) is 0 Å². The molecule has 0 aliphatic carbocycles. The average Bonchev–Trinajstić information content (AvgIpc) is 3.03. The summed E-state index contributed by atoms with van der Waals surface area (Å²) in [6.07, 6.45) is 4.22. The minimum absolute atomic E-state index is 0.159. The Kier molecular flexibility index (Phi) is 3.32. The van der Waals surface area contributed by atoms with E-state index in [0.717, 1.165) is 29.0 Å². The summed E-state index contributed by atoms with van der Waals surface area (Å²) in [6.45, 7) is 6.28. The maximum atomic E-state index is 4.50. The van der Waals surface area contributed by atoms with E-state index in [1.54, 1.807) is 12.5 Å². The SMILES string of the molecule is CCC(Nc1ncnc2[nH]ncc12)c1c(C)nn(C)c1C. The smallest absolute Gasteiger partial charge is 0.160 e. The van der Waals surface area contributed by atoms with Gasteiger partial charge in [-0.05, 0) is 20.3 Å². The predicted molar refractivity (Wildman–Crippen MR) is 81.0 cm³/mol. The van der Waals surface area contributed by atoms with E-state index < -0.39 is 0 Å². The van der Waals surface area contributed by atoms with Crippen LogP contribution in [0.4, 0.5) is 5.82 Å². The Bertz CT molecular complexity index is 771. The van der Waals surface area contributed by atoms with Gasteiger partial charge in [-0.2, -0.15) is 10.2 Å². The molecule has 0 aliphatic heterocycles. The summed E-state index contributed by atoms with van der Waals surface area (Å²) in [5.74, 6) is 0.795. The zero-order valence-corrected chi connectivity index (χ0v) is 12.7. The molecule has 3 rings (SSSR count). The third kappa shape index (κ3) is 2.24. The summed E-state index contributed by atoms with van der Waals surface area (Å²) in [7, 11) is 1.97. The fourth-order valence-electron chi connectivity index (χ4n) is 2.72. The van der Waals surface area contributed by atoms with E-state index in [2.05, 4.69) is 44.4 Å². The molecule has 3 aromatic heterocycles. The first kappa shape index (κ1) is 13.5. The molecule has 1 unspecified atom stereocenters. The summed E-state index contributed by atoms with van der Waals surface area (Å²) >= 11 is 0. The highest BCUT2D eigenvalue weighted by Gasteiger charge is 2.20. The van der Waals surface area contributed by atoms with Crippen LogP contribution in [0.1, 0.15) is 36.3 Å². The lowest BCUT2D eigenvalue weighted by atomic mass is 10.0. The van der Waals surface area contributed by atoms with Crippen molar-refractivity contribution in [1.82, 2.24) is 29.9 Å². The van der Waals surface area contributed by atoms with Crippen molar-refractivity contribution in [1.29, 1.82) is 0 Å². The van der Waals surface area contributed by atoms with Crippen LogP contribution in [0.3, 0.4) is 0 Å². The number of H-pyrrole nitrogens is 1. The van der Waals surface area contributed by atoms with E-state index in [1.807, 2.05) is 18.7 Å². The normalized spacial score (nSPS) is 12.8. The first-order valence-corrected chi connectivity index (χ1v) is 7.02. The third-order valence-corrected chi connectivity index (χ3v) is 3.88. The van der Waals surface area contributed by atoms with Crippen LogP contribution >= 0.6 is 0 Å². The Labute approximate surface area is 122 Å². The standard InChI is InChI=1S/C14H19N7/c1-5-11(12-8(2)20-21(4)9(12)3)18-13-10-6-17-19-14(10)16-7-15-13/h6-7,11H,5H2,1-4H3,(H2,15,16,17,18,19). The number of nitrogens with one attached hydrogen (secondary N) is 2. The minimum Gasteiger partial charge on any atom is -0.362 e. The van der Waals surface area contributed by atoms with Gasteiger partial charge in [-0.25, -0.2) is 9.97 Å². The van der Waals surface area contributed by atoms with Crippen molar-refractivity contribution in [2.75, 3.05) is 5.32 Å². The summed E-state index contributed by atoms with van der Waals surface area (Å²) < 4.78 is 1.92. The van der Waals surface area contributed by atoms with E-state index in [9.17, 15) is 0 Å². The van der Waals surface area contributed by atoms with Crippen molar-refractivity contribution in [3.05, 3.63) is 29.5 Å². The van der Waals surface area contributed by atoms with E-state index in [4.69, 9.17) is 0 Å². The van der Waals surface area contributed by atoms with Gasteiger partial charge in [-0.3, -0.25) is 9.78 Å². The number of aryl methyl sites for hydroxylation is 2. The maximum Gasteiger partial charge on any atom is 0.160 e. The second kappa shape index (κ2) is 5.16. The van der Waals surface area contributed by atoms with Crippen molar-refractivity contribution < 1.29 is 0 Å². The second-order valence-corrected chi connectivity index (χ2v) is 5.17. The highest BCUT2D eigenvalue weighted by molar-refractivity contribution is 5.85. The van der Waals surface area contributed by atoms with Crippen LogP contribution in [0, 0.1) is 13.8 Å². The van der Waals surface area contributed by atoms with Crippen molar-refractivity contribution in [2.45, 2.75) is 33.2 Å². The van der Waals surface area contributed by atoms with Gasteiger partial charge in [0.15, 0.2) is 5.65 Å². The molecule has 0 radical (unpaired) electrons. The van der Waals surface area contributed by atoms with Crippen LogP contribution in [-0.4, -0.2) is 29.9 Å². The summed E-state index contributed by atoms with van der Waals surface area (Å²) in [6, 6.07) is 0.159. The lowest BCUT2D eigenvalue weighted by molar-refractivity contribution is 0.715. The zero-order chi connectivity index (χ0) is 15.0. The predicted octanol–water partition coefficient (Wildman–Crippen LogP) is 2.27. The largest absolute Gasteiger partial charge is 0.362 e. The molecule has 0 aromatic carbocycles. The molecule has 110 valence electrons. The molecule has 0 saturated heterocycles. The van der Waals surface area contributed by atoms with Crippen LogP contribution in [0.2, 0.25) is 0 Å². The number of nitrogens with zero attached hydrogens (tertiary/aromatic N) is 5. The maximum absolute atomic E-state index is 4.50. The molecule has 7 heteroatoms. The van der Waals surface area contributed by atoms with Gasteiger partial charge in [0, 0.05) is 18.3 Å². The molecule has 0 spiro atoms. The molecule has 0 saturated carbocycles. The van der Waals surface area contributed by atoms with Crippen molar-refractivity contribution in [3.8, 4) is 0 Å². The Hall–Kier alpha value is -2.44. The first-order valence-electron chi connectivity index (χ1n) is 7.02. The van der Waals surface area contributed by atoms with E-state index in [-0.39, 0.29) is 6.04 Å². The average molecular weight is 285 g/mol.